The normalized spacial score (nSPS) is 18.6. The van der Waals surface area contributed by atoms with Gasteiger partial charge >= 0.3 is 5.97 Å². The van der Waals surface area contributed by atoms with E-state index in [9.17, 15) is 14.0 Å². The van der Waals surface area contributed by atoms with Crippen LogP contribution in [0.25, 0.3) is 10.1 Å². The number of carbonyl (C=O) groups excluding carboxylic acids is 1. The first-order valence-electron chi connectivity index (χ1n) is 6.29. The van der Waals surface area contributed by atoms with E-state index in [2.05, 4.69) is 0 Å². The first-order chi connectivity index (χ1) is 9.56. The topological polar surface area (TPSA) is 57.6 Å². The molecule has 3 rings (SSSR count). The summed E-state index contributed by atoms with van der Waals surface area (Å²) >= 11 is 1.20. The number of hydrogen-bond acceptors (Lipinski definition) is 3. The second-order valence-electron chi connectivity index (χ2n) is 4.79. The van der Waals surface area contributed by atoms with Crippen LogP contribution in [-0.4, -0.2) is 34.5 Å². The van der Waals surface area contributed by atoms with Crippen molar-refractivity contribution in [3.05, 3.63) is 35.0 Å². The number of hydrogen-bond donors (Lipinski definition) is 1. The van der Waals surface area contributed by atoms with Crippen molar-refractivity contribution >= 4 is 33.3 Å². The third kappa shape index (κ3) is 2.16. The minimum Gasteiger partial charge on any atom is -0.480 e. The van der Waals surface area contributed by atoms with Gasteiger partial charge in [0.2, 0.25) is 0 Å². The molecule has 104 valence electrons. The molecule has 0 unspecified atom stereocenters. The number of fused-ring (bicyclic) bond motifs is 1. The number of amides is 1. The second-order valence-corrected chi connectivity index (χ2v) is 5.87. The summed E-state index contributed by atoms with van der Waals surface area (Å²) in [5, 5.41) is 9.91. The number of halogens is 1. The fourth-order valence-electron chi connectivity index (χ4n) is 2.52. The molecule has 0 radical (unpaired) electrons. The van der Waals surface area contributed by atoms with E-state index in [4.69, 9.17) is 5.11 Å². The smallest absolute Gasteiger partial charge is 0.326 e. The van der Waals surface area contributed by atoms with Gasteiger partial charge in [-0.3, -0.25) is 4.79 Å². The number of likely N-dealkylation sites (tertiary alicyclic amines) is 1. The molecule has 1 atom stereocenters. The Labute approximate surface area is 118 Å². The van der Waals surface area contributed by atoms with E-state index in [1.807, 2.05) is 0 Å². The minimum atomic E-state index is -0.969. The predicted molar refractivity (Wildman–Crippen MR) is 73.5 cm³/mol. The lowest BCUT2D eigenvalue weighted by Gasteiger charge is -2.20. The summed E-state index contributed by atoms with van der Waals surface area (Å²) in [6, 6.07) is 5.30. The van der Waals surface area contributed by atoms with Crippen molar-refractivity contribution < 1.29 is 19.1 Å². The lowest BCUT2D eigenvalue weighted by atomic mass is 10.2. The molecule has 1 aromatic heterocycles. The van der Waals surface area contributed by atoms with Crippen LogP contribution in [0, 0.1) is 5.82 Å². The molecule has 0 spiro atoms. The maximum Gasteiger partial charge on any atom is 0.326 e. The summed E-state index contributed by atoms with van der Waals surface area (Å²) in [4.78, 5) is 25.4. The Bertz CT molecular complexity index is 697. The van der Waals surface area contributed by atoms with Crippen LogP contribution < -0.4 is 0 Å². The van der Waals surface area contributed by atoms with E-state index >= 15 is 0 Å². The predicted octanol–water partition coefficient (Wildman–Crippen LogP) is 2.73. The first kappa shape index (κ1) is 13.1. The quantitative estimate of drug-likeness (QED) is 0.926. The molecule has 2 heterocycles. The highest BCUT2D eigenvalue weighted by molar-refractivity contribution is 7.20. The maximum absolute atomic E-state index is 13.1. The number of carboxylic acids is 1. The van der Waals surface area contributed by atoms with Crippen LogP contribution in [0.4, 0.5) is 4.39 Å². The van der Waals surface area contributed by atoms with Crippen LogP contribution in [-0.2, 0) is 4.79 Å². The Morgan fingerprint density at radius 1 is 1.35 bits per heavy atom. The molecule has 20 heavy (non-hydrogen) atoms. The van der Waals surface area contributed by atoms with Gasteiger partial charge in [-0.15, -0.1) is 11.3 Å². The highest BCUT2D eigenvalue weighted by atomic mass is 32.1. The molecule has 1 fully saturated rings. The molecular weight excluding hydrogens is 281 g/mol. The van der Waals surface area contributed by atoms with Gasteiger partial charge in [-0.2, -0.15) is 0 Å². The minimum absolute atomic E-state index is 0.281. The number of rotatable bonds is 2. The molecule has 0 bridgehead atoms. The Balaban J connectivity index is 1.94. The number of nitrogens with zero attached hydrogens (tertiary/aromatic N) is 1. The molecule has 4 nitrogen and oxygen atoms in total. The number of carbonyl (C=O) groups is 2. The first-order valence-corrected chi connectivity index (χ1v) is 7.11. The van der Waals surface area contributed by atoms with E-state index in [0.29, 0.717) is 29.0 Å². The lowest BCUT2D eigenvalue weighted by molar-refractivity contribution is -0.141. The molecule has 6 heteroatoms. The van der Waals surface area contributed by atoms with Gasteiger partial charge in [-0.25, -0.2) is 9.18 Å². The fraction of sp³-hybridized carbons (Fsp3) is 0.286. The lowest BCUT2D eigenvalue weighted by Crippen LogP contribution is -2.40. The van der Waals surface area contributed by atoms with Crippen LogP contribution in [0.3, 0.4) is 0 Å². The molecule has 1 amide bonds. The summed E-state index contributed by atoms with van der Waals surface area (Å²) in [5.74, 6) is -1.59. The summed E-state index contributed by atoms with van der Waals surface area (Å²) < 4.78 is 13.8. The fourth-order valence-corrected chi connectivity index (χ4v) is 3.56. The van der Waals surface area contributed by atoms with Gasteiger partial charge in [0.25, 0.3) is 5.91 Å². The number of benzene rings is 1. The zero-order chi connectivity index (χ0) is 14.3. The van der Waals surface area contributed by atoms with Gasteiger partial charge in [0.05, 0.1) is 4.88 Å². The van der Waals surface area contributed by atoms with E-state index < -0.39 is 12.0 Å². The second kappa shape index (κ2) is 4.86. The van der Waals surface area contributed by atoms with Crippen LogP contribution >= 0.6 is 11.3 Å². The highest BCUT2D eigenvalue weighted by Gasteiger charge is 2.34. The van der Waals surface area contributed by atoms with Crippen molar-refractivity contribution in [3.8, 4) is 0 Å². The van der Waals surface area contributed by atoms with Crippen LogP contribution in [0.1, 0.15) is 22.5 Å². The van der Waals surface area contributed by atoms with Crippen LogP contribution in [0.2, 0.25) is 0 Å². The Kier molecular flexibility index (Phi) is 3.17. The zero-order valence-electron chi connectivity index (χ0n) is 10.5. The van der Waals surface area contributed by atoms with Gasteiger partial charge in [-0.1, -0.05) is 6.07 Å². The molecule has 0 saturated carbocycles. The van der Waals surface area contributed by atoms with Crippen molar-refractivity contribution in [2.75, 3.05) is 6.54 Å². The number of carboxylic acid groups (broad SMARTS) is 1. The number of thiophene rings is 1. The largest absolute Gasteiger partial charge is 0.480 e. The summed E-state index contributed by atoms with van der Waals surface area (Å²) in [5.41, 5.74) is 0. The highest BCUT2D eigenvalue weighted by Crippen LogP contribution is 2.29. The Morgan fingerprint density at radius 3 is 2.90 bits per heavy atom. The van der Waals surface area contributed by atoms with Gasteiger partial charge in [0.1, 0.15) is 11.9 Å². The van der Waals surface area contributed by atoms with Gasteiger partial charge in [0, 0.05) is 11.2 Å². The van der Waals surface area contributed by atoms with Gasteiger partial charge < -0.3 is 10.0 Å². The molecule has 0 aliphatic carbocycles. The summed E-state index contributed by atoms with van der Waals surface area (Å²) in [6.07, 6.45) is 1.18. The summed E-state index contributed by atoms with van der Waals surface area (Å²) in [6.45, 7) is 0.457. The third-order valence-corrected chi connectivity index (χ3v) is 4.58. The van der Waals surface area contributed by atoms with Crippen LogP contribution in [0.5, 0.6) is 0 Å². The Hall–Kier alpha value is -1.95. The van der Waals surface area contributed by atoms with Crippen molar-refractivity contribution in [3.63, 3.8) is 0 Å². The van der Waals surface area contributed by atoms with Crippen molar-refractivity contribution in [2.24, 2.45) is 0 Å². The molecule has 1 aliphatic heterocycles. The molecule has 1 aromatic carbocycles. The van der Waals surface area contributed by atoms with Crippen molar-refractivity contribution in [1.82, 2.24) is 4.90 Å². The number of aliphatic carboxylic acids is 1. The summed E-state index contributed by atoms with van der Waals surface area (Å²) in [7, 11) is 0. The SMILES string of the molecule is O=C(O)[C@H]1CCCN1C(=O)c1cc2ccc(F)cc2s1. The average molecular weight is 293 g/mol. The molecule has 1 aliphatic rings. The molecule has 2 aromatic rings. The van der Waals surface area contributed by atoms with E-state index in [1.165, 1.54) is 28.4 Å². The zero-order valence-corrected chi connectivity index (χ0v) is 11.3. The average Bonchev–Trinajstić information content (AvgIpc) is 3.03. The monoisotopic (exact) mass is 293 g/mol. The van der Waals surface area contributed by atoms with Crippen molar-refractivity contribution in [2.45, 2.75) is 18.9 Å². The molecule has 1 N–H and O–H groups in total. The molecule has 1 saturated heterocycles. The van der Waals surface area contributed by atoms with Gasteiger partial charge in [-0.05, 0) is 36.4 Å². The molecular formula is C14H12FNO3S. The third-order valence-electron chi connectivity index (χ3n) is 3.49. The van der Waals surface area contributed by atoms with Crippen LogP contribution in [0.15, 0.2) is 24.3 Å². The van der Waals surface area contributed by atoms with E-state index in [0.717, 1.165) is 5.39 Å². The van der Waals surface area contributed by atoms with E-state index in [-0.39, 0.29) is 11.7 Å². The Morgan fingerprint density at radius 2 is 2.15 bits per heavy atom. The maximum atomic E-state index is 13.1. The standard InChI is InChI=1S/C14H12FNO3S/c15-9-4-3-8-6-12(20-11(8)7-9)13(17)16-5-1-2-10(16)14(18)19/h3-4,6-7,10H,1-2,5H2,(H,18,19)/t10-/m1/s1. The van der Waals surface area contributed by atoms with Crippen molar-refractivity contribution in [1.29, 1.82) is 0 Å². The van der Waals surface area contributed by atoms with Gasteiger partial charge in [0.15, 0.2) is 0 Å². The van der Waals surface area contributed by atoms with E-state index in [1.54, 1.807) is 12.1 Å².